The third-order valence-electron chi connectivity index (χ3n) is 3.86. The Morgan fingerprint density at radius 2 is 1.95 bits per heavy atom. The second kappa shape index (κ2) is 4.15. The average Bonchev–Trinajstić information content (AvgIpc) is 3.17. The highest BCUT2D eigenvalue weighted by molar-refractivity contribution is 7.92. The predicted molar refractivity (Wildman–Crippen MR) is 73.1 cm³/mol. The van der Waals surface area contributed by atoms with Crippen molar-refractivity contribution in [3.05, 3.63) is 41.7 Å². The van der Waals surface area contributed by atoms with Crippen LogP contribution in [0.3, 0.4) is 0 Å². The quantitative estimate of drug-likeness (QED) is 0.864. The standard InChI is InChI=1S/C14H15N3O2S/c18-20(19,11-6-7-11)14-15-13-9-8-12(17(13)16-14)10-4-2-1-3-5-10/h1-5,11-12H,6-9H2/t12-/m0/s1/i9D/t9-,12+/m1. The molecule has 1 fully saturated rings. The highest BCUT2D eigenvalue weighted by Gasteiger charge is 2.41. The maximum Gasteiger partial charge on any atom is 0.267 e. The molecule has 1 aromatic heterocycles. The number of hydrogen-bond donors (Lipinski definition) is 0. The van der Waals surface area contributed by atoms with Gasteiger partial charge in [-0.05, 0) is 24.8 Å². The molecule has 2 atom stereocenters. The molecule has 0 N–H and O–H groups in total. The molecule has 104 valence electrons. The van der Waals surface area contributed by atoms with E-state index in [1.165, 1.54) is 0 Å². The lowest BCUT2D eigenvalue weighted by Crippen LogP contribution is -2.12. The molecule has 0 radical (unpaired) electrons. The van der Waals surface area contributed by atoms with Crippen LogP contribution in [0.15, 0.2) is 35.5 Å². The molecule has 2 heterocycles. The highest BCUT2D eigenvalue weighted by atomic mass is 32.2. The van der Waals surface area contributed by atoms with Crippen molar-refractivity contribution in [2.75, 3.05) is 0 Å². The Hall–Kier alpha value is -1.69. The first-order chi connectivity index (χ1) is 10.1. The summed E-state index contributed by atoms with van der Waals surface area (Å²) in [4.78, 5) is 4.16. The summed E-state index contributed by atoms with van der Waals surface area (Å²) in [5.74, 6) is 0.461. The van der Waals surface area contributed by atoms with E-state index in [4.69, 9.17) is 1.37 Å². The molecule has 0 unspecified atom stereocenters. The smallest absolute Gasteiger partial charge is 0.241 e. The number of rotatable bonds is 3. The van der Waals surface area contributed by atoms with Crippen molar-refractivity contribution >= 4 is 9.84 Å². The van der Waals surface area contributed by atoms with Gasteiger partial charge in [-0.2, -0.15) is 0 Å². The van der Waals surface area contributed by atoms with Crippen LogP contribution >= 0.6 is 0 Å². The van der Waals surface area contributed by atoms with E-state index >= 15 is 0 Å². The van der Waals surface area contributed by atoms with Crippen molar-refractivity contribution in [2.24, 2.45) is 0 Å². The maximum absolute atomic E-state index is 12.3. The highest BCUT2D eigenvalue weighted by Crippen LogP contribution is 2.35. The van der Waals surface area contributed by atoms with E-state index < -0.39 is 16.2 Å². The summed E-state index contributed by atoms with van der Waals surface area (Å²) in [5, 5.41) is 3.81. The van der Waals surface area contributed by atoms with Crippen LogP contribution in [0.5, 0.6) is 0 Å². The van der Waals surface area contributed by atoms with Gasteiger partial charge in [0.15, 0.2) is 0 Å². The summed E-state index contributed by atoms with van der Waals surface area (Å²) in [6.45, 7) is 0. The van der Waals surface area contributed by atoms with Gasteiger partial charge in [-0.1, -0.05) is 30.3 Å². The van der Waals surface area contributed by atoms with Gasteiger partial charge in [-0.3, -0.25) is 0 Å². The zero-order valence-corrected chi connectivity index (χ0v) is 11.6. The Morgan fingerprint density at radius 1 is 1.20 bits per heavy atom. The minimum Gasteiger partial charge on any atom is -0.241 e. The maximum atomic E-state index is 12.3. The largest absolute Gasteiger partial charge is 0.267 e. The number of fused-ring (bicyclic) bond motifs is 1. The van der Waals surface area contributed by atoms with Crippen molar-refractivity contribution in [1.29, 1.82) is 0 Å². The van der Waals surface area contributed by atoms with Crippen molar-refractivity contribution < 1.29 is 9.79 Å². The molecule has 2 aliphatic rings. The van der Waals surface area contributed by atoms with E-state index in [0.29, 0.717) is 25.1 Å². The Labute approximate surface area is 119 Å². The van der Waals surface area contributed by atoms with Gasteiger partial charge in [0.25, 0.3) is 5.16 Å². The molecular weight excluding hydrogens is 274 g/mol. The number of hydrogen-bond acceptors (Lipinski definition) is 4. The summed E-state index contributed by atoms with van der Waals surface area (Å²) >= 11 is 0. The number of aromatic nitrogens is 3. The fraction of sp³-hybridized carbons (Fsp3) is 0.429. The number of benzene rings is 1. The minimum atomic E-state index is -3.40. The fourth-order valence-corrected chi connectivity index (χ4v) is 4.08. The second-order valence-corrected chi connectivity index (χ2v) is 7.43. The van der Waals surface area contributed by atoms with Gasteiger partial charge in [-0.15, -0.1) is 5.10 Å². The van der Waals surface area contributed by atoms with E-state index in [1.807, 2.05) is 30.3 Å². The first-order valence-corrected chi connectivity index (χ1v) is 8.29. The summed E-state index contributed by atoms with van der Waals surface area (Å²) in [6, 6.07) is 9.66. The van der Waals surface area contributed by atoms with Gasteiger partial charge in [0.05, 0.1) is 11.3 Å². The van der Waals surface area contributed by atoms with Crippen LogP contribution in [0.2, 0.25) is 0 Å². The van der Waals surface area contributed by atoms with Gasteiger partial charge in [-0.25, -0.2) is 18.1 Å². The Balaban J connectivity index is 1.78. The van der Waals surface area contributed by atoms with Crippen molar-refractivity contribution in [2.45, 2.75) is 42.1 Å². The third kappa shape index (κ3) is 1.78. The van der Waals surface area contributed by atoms with Crippen LogP contribution in [-0.2, 0) is 16.2 Å². The molecular formula is C14H15N3O2S. The summed E-state index contributed by atoms with van der Waals surface area (Å²) < 4.78 is 34.2. The van der Waals surface area contributed by atoms with E-state index in [0.717, 1.165) is 5.56 Å². The molecule has 1 aliphatic carbocycles. The SMILES string of the molecule is [2H][C@@H]1C[C@@H](c2ccccc2)n2nc(S(=O)(=O)C3CC3)nc21. The molecule has 2 aromatic rings. The predicted octanol–water partition coefficient (Wildman–Crippen LogP) is 1.75. The molecule has 6 heteroatoms. The number of nitrogens with zero attached hydrogens (tertiary/aromatic N) is 3. The zero-order chi connectivity index (χ0) is 14.6. The Bertz CT molecular complexity index is 784. The molecule has 1 aromatic carbocycles. The van der Waals surface area contributed by atoms with Crippen LogP contribution in [0.25, 0.3) is 0 Å². The van der Waals surface area contributed by atoms with Gasteiger partial charge < -0.3 is 0 Å². The number of sulfone groups is 1. The third-order valence-corrected chi connectivity index (χ3v) is 5.89. The van der Waals surface area contributed by atoms with Crippen molar-refractivity contribution in [3.8, 4) is 0 Å². The topological polar surface area (TPSA) is 64.8 Å². The normalized spacial score (nSPS) is 26.3. The van der Waals surface area contributed by atoms with E-state index in [1.54, 1.807) is 4.68 Å². The lowest BCUT2D eigenvalue weighted by Gasteiger charge is -2.11. The lowest BCUT2D eigenvalue weighted by molar-refractivity contribution is 0.532. The molecule has 0 bridgehead atoms. The molecule has 0 amide bonds. The van der Waals surface area contributed by atoms with Crippen LogP contribution in [-0.4, -0.2) is 28.4 Å². The van der Waals surface area contributed by atoms with Crippen molar-refractivity contribution in [1.82, 2.24) is 14.8 Å². The van der Waals surface area contributed by atoms with Crippen LogP contribution in [0, 0.1) is 0 Å². The average molecular weight is 290 g/mol. The van der Waals surface area contributed by atoms with Gasteiger partial charge in [0.2, 0.25) is 9.84 Å². The van der Waals surface area contributed by atoms with Gasteiger partial charge >= 0.3 is 0 Å². The molecule has 0 spiro atoms. The fourth-order valence-electron chi connectivity index (χ4n) is 2.60. The van der Waals surface area contributed by atoms with Crippen LogP contribution in [0.1, 0.15) is 38.1 Å². The lowest BCUT2D eigenvalue weighted by atomic mass is 10.1. The molecule has 5 nitrogen and oxygen atoms in total. The first-order valence-electron chi connectivity index (χ1n) is 7.32. The molecule has 20 heavy (non-hydrogen) atoms. The molecule has 0 saturated heterocycles. The van der Waals surface area contributed by atoms with Gasteiger partial charge in [0, 0.05) is 7.77 Å². The van der Waals surface area contributed by atoms with Crippen LogP contribution < -0.4 is 0 Å². The number of aryl methyl sites for hydroxylation is 1. The molecule has 4 rings (SSSR count). The van der Waals surface area contributed by atoms with E-state index in [-0.39, 0.29) is 16.4 Å². The Kier molecular flexibility index (Phi) is 2.29. The second-order valence-electron chi connectivity index (χ2n) is 5.31. The zero-order valence-electron chi connectivity index (χ0n) is 11.8. The summed E-state index contributed by atoms with van der Waals surface area (Å²) in [7, 11) is -3.40. The summed E-state index contributed by atoms with van der Waals surface area (Å²) in [5.41, 5.74) is 1.04. The monoisotopic (exact) mass is 290 g/mol. The van der Waals surface area contributed by atoms with Gasteiger partial charge in [0.1, 0.15) is 5.82 Å². The van der Waals surface area contributed by atoms with Crippen LogP contribution in [0.4, 0.5) is 0 Å². The Morgan fingerprint density at radius 3 is 2.65 bits per heavy atom. The first kappa shape index (κ1) is 11.0. The minimum absolute atomic E-state index is 0.0978. The van der Waals surface area contributed by atoms with E-state index in [2.05, 4.69) is 10.1 Å². The molecule has 1 aliphatic heterocycles. The van der Waals surface area contributed by atoms with E-state index in [9.17, 15) is 8.42 Å². The molecule has 1 saturated carbocycles. The summed E-state index contributed by atoms with van der Waals surface area (Å²) in [6.07, 6.45) is 1.45. The van der Waals surface area contributed by atoms with Crippen molar-refractivity contribution in [3.63, 3.8) is 0 Å².